The van der Waals surface area contributed by atoms with Crippen molar-refractivity contribution in [3.05, 3.63) is 47.5 Å². The minimum Gasteiger partial charge on any atom is -0.375 e. The number of nitrogens with zero attached hydrogens (tertiary/aromatic N) is 3. The number of hydrogen-bond acceptors (Lipinski definition) is 3. The van der Waals surface area contributed by atoms with Gasteiger partial charge in [0.1, 0.15) is 12.0 Å². The average Bonchev–Trinajstić information content (AvgIpc) is 2.72. The molecule has 0 radical (unpaired) electrons. The summed E-state index contributed by atoms with van der Waals surface area (Å²) in [6.07, 6.45) is 3.14. The molecule has 0 fully saturated rings. The predicted molar refractivity (Wildman–Crippen MR) is 76.1 cm³/mol. The Balaban J connectivity index is 2.33. The van der Waals surface area contributed by atoms with Crippen molar-refractivity contribution in [1.82, 2.24) is 15.0 Å². The standard InChI is InChI=1S/C11H10ClN5S/c12-10-9(6-15-16-11(13)18)17(7-14-10)8-4-2-1-3-5-8/h1-7H,(H3,13,16,18). The highest BCUT2D eigenvalue weighted by Crippen LogP contribution is 2.16. The molecule has 0 saturated carbocycles. The number of thiocarbonyl (C=S) groups is 1. The molecule has 0 aliphatic heterocycles. The van der Waals surface area contributed by atoms with Crippen LogP contribution in [0.4, 0.5) is 0 Å². The van der Waals surface area contributed by atoms with Crippen molar-refractivity contribution in [2.45, 2.75) is 0 Å². The molecule has 0 bridgehead atoms. The minimum absolute atomic E-state index is 0.0909. The number of hydrazone groups is 1. The van der Waals surface area contributed by atoms with Crippen LogP contribution >= 0.6 is 23.8 Å². The third-order valence-electron chi connectivity index (χ3n) is 2.15. The van der Waals surface area contributed by atoms with Gasteiger partial charge < -0.3 is 5.73 Å². The van der Waals surface area contributed by atoms with Gasteiger partial charge in [-0.3, -0.25) is 9.99 Å². The van der Waals surface area contributed by atoms with Gasteiger partial charge in [0.2, 0.25) is 0 Å². The van der Waals surface area contributed by atoms with Gasteiger partial charge in [0, 0.05) is 5.69 Å². The molecule has 2 rings (SSSR count). The Kier molecular flexibility index (Phi) is 3.91. The third kappa shape index (κ3) is 2.85. The van der Waals surface area contributed by atoms with E-state index in [2.05, 4.69) is 27.7 Å². The van der Waals surface area contributed by atoms with E-state index in [1.807, 2.05) is 34.9 Å². The summed E-state index contributed by atoms with van der Waals surface area (Å²) in [6.45, 7) is 0. The van der Waals surface area contributed by atoms with Crippen LogP contribution in [0, 0.1) is 0 Å². The summed E-state index contributed by atoms with van der Waals surface area (Å²) < 4.78 is 1.81. The van der Waals surface area contributed by atoms with Gasteiger partial charge in [-0.25, -0.2) is 4.98 Å². The molecule has 92 valence electrons. The SMILES string of the molecule is NC(=S)NN=Cc1c(Cl)ncn1-c1ccccc1. The summed E-state index contributed by atoms with van der Waals surface area (Å²) in [5.41, 5.74) is 9.32. The van der Waals surface area contributed by atoms with Crippen LogP contribution in [0.3, 0.4) is 0 Å². The third-order valence-corrected chi connectivity index (χ3v) is 2.54. The number of halogens is 1. The van der Waals surface area contributed by atoms with E-state index in [0.717, 1.165) is 5.69 Å². The molecule has 2 aromatic rings. The zero-order valence-electron chi connectivity index (χ0n) is 9.25. The van der Waals surface area contributed by atoms with Crippen LogP contribution in [0.25, 0.3) is 5.69 Å². The lowest BCUT2D eigenvalue weighted by atomic mass is 10.3. The fraction of sp³-hybridized carbons (Fsp3) is 0. The summed E-state index contributed by atoms with van der Waals surface area (Å²) in [4.78, 5) is 4.04. The first-order chi connectivity index (χ1) is 8.68. The largest absolute Gasteiger partial charge is 0.375 e. The van der Waals surface area contributed by atoms with Gasteiger partial charge in [-0.1, -0.05) is 29.8 Å². The maximum atomic E-state index is 6.00. The zero-order chi connectivity index (χ0) is 13.0. The number of nitrogens with one attached hydrogen (secondary N) is 1. The van der Waals surface area contributed by atoms with Crippen LogP contribution in [-0.4, -0.2) is 20.9 Å². The molecule has 18 heavy (non-hydrogen) atoms. The predicted octanol–water partition coefficient (Wildman–Crippen LogP) is 1.69. The average molecular weight is 280 g/mol. The van der Waals surface area contributed by atoms with Crippen LogP contribution < -0.4 is 11.2 Å². The van der Waals surface area contributed by atoms with E-state index in [-0.39, 0.29) is 5.11 Å². The molecule has 0 unspecified atom stereocenters. The number of para-hydroxylation sites is 1. The molecule has 0 atom stereocenters. The van der Waals surface area contributed by atoms with Gasteiger partial charge in [0.25, 0.3) is 0 Å². The quantitative estimate of drug-likeness (QED) is 0.510. The molecule has 5 nitrogen and oxygen atoms in total. The van der Waals surface area contributed by atoms with Gasteiger partial charge in [-0.2, -0.15) is 5.10 Å². The fourth-order valence-electron chi connectivity index (χ4n) is 1.40. The summed E-state index contributed by atoms with van der Waals surface area (Å²) in [5.74, 6) is 0. The van der Waals surface area contributed by atoms with Crippen molar-refractivity contribution in [2.75, 3.05) is 0 Å². The summed E-state index contributed by atoms with van der Waals surface area (Å²) in [7, 11) is 0. The lowest BCUT2D eigenvalue weighted by Crippen LogP contribution is -2.24. The second-order valence-electron chi connectivity index (χ2n) is 3.36. The van der Waals surface area contributed by atoms with Crippen molar-refractivity contribution in [2.24, 2.45) is 10.8 Å². The number of hydrogen-bond donors (Lipinski definition) is 2. The lowest BCUT2D eigenvalue weighted by molar-refractivity contribution is 1.02. The van der Waals surface area contributed by atoms with E-state index in [1.165, 1.54) is 6.21 Å². The fourth-order valence-corrected chi connectivity index (χ4v) is 1.64. The van der Waals surface area contributed by atoms with Crippen LogP contribution in [0.1, 0.15) is 5.69 Å². The maximum absolute atomic E-state index is 6.00. The van der Waals surface area contributed by atoms with Crippen molar-refractivity contribution < 1.29 is 0 Å². The van der Waals surface area contributed by atoms with Crippen molar-refractivity contribution >= 4 is 35.1 Å². The van der Waals surface area contributed by atoms with E-state index < -0.39 is 0 Å². The van der Waals surface area contributed by atoms with Gasteiger partial charge in [-0.15, -0.1) is 0 Å². The Labute approximate surface area is 114 Å². The molecule has 1 heterocycles. The highest BCUT2D eigenvalue weighted by molar-refractivity contribution is 7.80. The Morgan fingerprint density at radius 3 is 2.83 bits per heavy atom. The van der Waals surface area contributed by atoms with Crippen LogP contribution in [-0.2, 0) is 0 Å². The molecule has 3 N–H and O–H groups in total. The molecule has 0 spiro atoms. The van der Waals surface area contributed by atoms with Crippen LogP contribution in [0.5, 0.6) is 0 Å². The van der Waals surface area contributed by atoms with Gasteiger partial charge in [0.15, 0.2) is 10.3 Å². The Morgan fingerprint density at radius 1 is 1.44 bits per heavy atom. The summed E-state index contributed by atoms with van der Waals surface area (Å²) >= 11 is 10.6. The first-order valence-corrected chi connectivity index (χ1v) is 5.84. The van der Waals surface area contributed by atoms with Crippen molar-refractivity contribution in [3.8, 4) is 5.69 Å². The van der Waals surface area contributed by atoms with Crippen LogP contribution in [0.2, 0.25) is 5.15 Å². The second kappa shape index (κ2) is 5.61. The number of nitrogens with two attached hydrogens (primary N) is 1. The van der Waals surface area contributed by atoms with Gasteiger partial charge in [0.05, 0.1) is 6.21 Å². The zero-order valence-corrected chi connectivity index (χ0v) is 10.8. The Morgan fingerprint density at radius 2 is 2.17 bits per heavy atom. The Hall–Kier alpha value is -1.92. The normalized spacial score (nSPS) is 10.7. The minimum atomic E-state index is 0.0909. The molecule has 0 aliphatic carbocycles. The highest BCUT2D eigenvalue weighted by Gasteiger charge is 2.07. The first-order valence-electron chi connectivity index (χ1n) is 5.05. The number of aromatic nitrogens is 2. The summed E-state index contributed by atoms with van der Waals surface area (Å²) in [5, 5.41) is 4.32. The van der Waals surface area contributed by atoms with E-state index in [1.54, 1.807) is 6.33 Å². The molecule has 0 amide bonds. The highest BCUT2D eigenvalue weighted by atomic mass is 35.5. The van der Waals surface area contributed by atoms with Gasteiger partial charge in [-0.05, 0) is 24.4 Å². The van der Waals surface area contributed by atoms with E-state index in [0.29, 0.717) is 10.8 Å². The lowest BCUT2D eigenvalue weighted by Gasteiger charge is -2.04. The molecule has 7 heteroatoms. The molecule has 0 aliphatic rings. The number of benzene rings is 1. The van der Waals surface area contributed by atoms with Gasteiger partial charge >= 0.3 is 0 Å². The Bertz CT molecular complexity index is 578. The van der Waals surface area contributed by atoms with E-state index in [9.17, 15) is 0 Å². The molecule has 1 aromatic heterocycles. The van der Waals surface area contributed by atoms with Crippen molar-refractivity contribution in [3.63, 3.8) is 0 Å². The topological polar surface area (TPSA) is 68.2 Å². The maximum Gasteiger partial charge on any atom is 0.184 e. The monoisotopic (exact) mass is 279 g/mol. The van der Waals surface area contributed by atoms with E-state index in [4.69, 9.17) is 17.3 Å². The van der Waals surface area contributed by atoms with Crippen LogP contribution in [0.15, 0.2) is 41.8 Å². The molecule has 1 aromatic carbocycles. The van der Waals surface area contributed by atoms with E-state index >= 15 is 0 Å². The number of imidazole rings is 1. The first kappa shape index (κ1) is 12.5. The second-order valence-corrected chi connectivity index (χ2v) is 4.16. The number of rotatable bonds is 3. The summed E-state index contributed by atoms with van der Waals surface area (Å²) in [6, 6.07) is 9.67. The van der Waals surface area contributed by atoms with Crippen molar-refractivity contribution in [1.29, 1.82) is 0 Å². The smallest absolute Gasteiger partial charge is 0.184 e. The molecular formula is C11H10ClN5S. The molecule has 0 saturated heterocycles. The molecular weight excluding hydrogens is 270 g/mol.